The largest absolute Gasteiger partial charge is 0.451 e. The van der Waals surface area contributed by atoms with Crippen molar-refractivity contribution in [1.82, 2.24) is 0 Å². The number of halogens is 2. The summed E-state index contributed by atoms with van der Waals surface area (Å²) in [6.45, 7) is 1.54. The van der Waals surface area contributed by atoms with Crippen LogP contribution in [-0.4, -0.2) is 17.9 Å². The number of Topliss-reactive ketones (excluding diaryl/α,β-unsaturated/α-hetero) is 1. The molecule has 1 atom stereocenters. The number of ether oxygens (including phenoxy) is 1. The number of ketones is 1. The molecule has 0 fully saturated rings. The van der Waals surface area contributed by atoms with Gasteiger partial charge in [0.1, 0.15) is 0 Å². The molecule has 0 amide bonds. The van der Waals surface area contributed by atoms with Crippen LogP contribution in [-0.2, 0) is 9.53 Å². The van der Waals surface area contributed by atoms with Crippen molar-refractivity contribution < 1.29 is 14.3 Å². The zero-order valence-corrected chi connectivity index (χ0v) is 13.8. The third-order valence-electron chi connectivity index (χ3n) is 3.08. The fourth-order valence-electron chi connectivity index (χ4n) is 1.90. The zero-order chi connectivity index (χ0) is 16.8. The maximum absolute atomic E-state index is 12.1. The molecule has 0 radical (unpaired) electrons. The first-order chi connectivity index (χ1) is 11.0. The van der Waals surface area contributed by atoms with Gasteiger partial charge in [0.2, 0.25) is 5.78 Å². The van der Waals surface area contributed by atoms with Gasteiger partial charge in [-0.2, -0.15) is 0 Å². The fraction of sp³-hybridized carbons (Fsp3) is 0.111. The summed E-state index contributed by atoms with van der Waals surface area (Å²) in [5, 5.41) is 0.937. The molecule has 0 saturated heterocycles. The average molecular weight is 349 g/mol. The maximum atomic E-state index is 12.1. The monoisotopic (exact) mass is 348 g/mol. The fourth-order valence-corrected chi connectivity index (χ4v) is 2.37. The van der Waals surface area contributed by atoms with Crippen LogP contribution in [0.1, 0.15) is 22.8 Å². The molecule has 118 valence electrons. The van der Waals surface area contributed by atoms with E-state index in [1.54, 1.807) is 42.5 Å². The highest BCUT2D eigenvalue weighted by Crippen LogP contribution is 2.22. The van der Waals surface area contributed by atoms with E-state index in [9.17, 15) is 9.59 Å². The minimum atomic E-state index is -0.866. The molecule has 0 spiro atoms. The van der Waals surface area contributed by atoms with E-state index in [0.717, 1.165) is 0 Å². The molecule has 0 N–H and O–H groups in total. The van der Waals surface area contributed by atoms with Gasteiger partial charge in [0, 0.05) is 21.7 Å². The summed E-state index contributed by atoms with van der Waals surface area (Å²) >= 11 is 11.8. The summed E-state index contributed by atoms with van der Waals surface area (Å²) in [5.74, 6) is -0.871. The second-order valence-electron chi connectivity index (χ2n) is 4.81. The Balaban J connectivity index is 1.99. The van der Waals surface area contributed by atoms with Crippen LogP contribution in [0.3, 0.4) is 0 Å². The molecule has 0 aliphatic carbocycles. The number of benzene rings is 2. The van der Waals surface area contributed by atoms with E-state index < -0.39 is 12.1 Å². The standard InChI is InChI=1S/C18H14Cl2O3/c1-12(18(22)14-5-3-2-4-6-14)23-17(21)10-8-13-7-9-15(19)11-16(13)20/h2-12H,1H3/b10-8+/t12-/m0/s1. The number of hydrogen-bond acceptors (Lipinski definition) is 3. The molecule has 0 saturated carbocycles. The second-order valence-corrected chi connectivity index (χ2v) is 5.65. The van der Waals surface area contributed by atoms with E-state index in [1.807, 2.05) is 6.07 Å². The molecule has 0 bridgehead atoms. The van der Waals surface area contributed by atoms with Gasteiger partial charge in [-0.1, -0.05) is 59.6 Å². The van der Waals surface area contributed by atoms with Gasteiger partial charge >= 0.3 is 5.97 Å². The topological polar surface area (TPSA) is 43.4 Å². The molecule has 0 aliphatic heterocycles. The summed E-state index contributed by atoms with van der Waals surface area (Å²) in [5.41, 5.74) is 1.13. The van der Waals surface area contributed by atoms with E-state index in [1.165, 1.54) is 19.1 Å². The van der Waals surface area contributed by atoms with Crippen LogP contribution in [0.25, 0.3) is 6.08 Å². The lowest BCUT2D eigenvalue weighted by Gasteiger charge is -2.10. The first kappa shape index (κ1) is 17.3. The lowest BCUT2D eigenvalue weighted by molar-refractivity contribution is -0.140. The summed E-state index contributed by atoms with van der Waals surface area (Å²) in [4.78, 5) is 23.9. The second kappa shape index (κ2) is 7.95. The summed E-state index contributed by atoms with van der Waals surface area (Å²) < 4.78 is 5.11. The molecule has 2 aromatic rings. The van der Waals surface area contributed by atoms with Crippen molar-refractivity contribution in [1.29, 1.82) is 0 Å². The Hall–Kier alpha value is -2.10. The number of carbonyl (C=O) groups excluding carboxylic acids is 2. The van der Waals surface area contributed by atoms with Crippen molar-refractivity contribution in [3.8, 4) is 0 Å². The first-order valence-electron chi connectivity index (χ1n) is 6.90. The molecule has 0 aromatic heterocycles. The van der Waals surface area contributed by atoms with E-state index in [4.69, 9.17) is 27.9 Å². The lowest BCUT2D eigenvalue weighted by Crippen LogP contribution is -2.23. The lowest BCUT2D eigenvalue weighted by atomic mass is 10.1. The van der Waals surface area contributed by atoms with E-state index in [2.05, 4.69) is 0 Å². The normalized spacial score (nSPS) is 12.1. The molecule has 0 aliphatic rings. The van der Waals surface area contributed by atoms with E-state index in [-0.39, 0.29) is 5.78 Å². The Bertz CT molecular complexity index is 739. The van der Waals surface area contributed by atoms with Crippen LogP contribution in [0, 0.1) is 0 Å². The molecule has 2 aromatic carbocycles. The van der Waals surface area contributed by atoms with Crippen LogP contribution in [0.4, 0.5) is 0 Å². The van der Waals surface area contributed by atoms with Gasteiger partial charge in [-0.25, -0.2) is 4.79 Å². The van der Waals surface area contributed by atoms with Crippen LogP contribution < -0.4 is 0 Å². The quantitative estimate of drug-likeness (QED) is 0.442. The molecule has 0 unspecified atom stereocenters. The molecular formula is C18H14Cl2O3. The molecule has 2 rings (SSSR count). The van der Waals surface area contributed by atoms with E-state index >= 15 is 0 Å². The smallest absolute Gasteiger partial charge is 0.331 e. The molecule has 23 heavy (non-hydrogen) atoms. The minimum Gasteiger partial charge on any atom is -0.451 e. The Morgan fingerprint density at radius 2 is 1.78 bits per heavy atom. The Labute approximate surface area is 144 Å². The average Bonchev–Trinajstić information content (AvgIpc) is 2.54. The van der Waals surface area contributed by atoms with Crippen LogP contribution in [0.5, 0.6) is 0 Å². The van der Waals surface area contributed by atoms with Crippen molar-refractivity contribution in [3.63, 3.8) is 0 Å². The molecular weight excluding hydrogens is 335 g/mol. The third kappa shape index (κ3) is 4.95. The van der Waals surface area contributed by atoms with Gasteiger partial charge in [-0.3, -0.25) is 4.79 Å². The predicted octanol–water partition coefficient (Wildman–Crippen LogP) is 4.82. The van der Waals surface area contributed by atoms with Crippen LogP contribution in [0.2, 0.25) is 10.0 Å². The summed E-state index contributed by atoms with van der Waals surface area (Å²) in [7, 11) is 0. The predicted molar refractivity (Wildman–Crippen MR) is 91.8 cm³/mol. The van der Waals surface area contributed by atoms with Gasteiger partial charge < -0.3 is 4.74 Å². The molecule has 5 heteroatoms. The van der Waals surface area contributed by atoms with Gasteiger partial charge in [-0.05, 0) is 30.7 Å². The van der Waals surface area contributed by atoms with Gasteiger partial charge in [0.15, 0.2) is 6.10 Å². The highest BCUT2D eigenvalue weighted by atomic mass is 35.5. The van der Waals surface area contributed by atoms with Crippen molar-refractivity contribution in [2.45, 2.75) is 13.0 Å². The molecule has 0 heterocycles. The Kier molecular flexibility index (Phi) is 5.97. The Morgan fingerprint density at radius 1 is 1.09 bits per heavy atom. The zero-order valence-electron chi connectivity index (χ0n) is 12.3. The summed E-state index contributed by atoms with van der Waals surface area (Å²) in [6, 6.07) is 13.6. The summed E-state index contributed by atoms with van der Waals surface area (Å²) in [6.07, 6.45) is 1.88. The number of rotatable bonds is 5. The maximum Gasteiger partial charge on any atom is 0.331 e. The van der Waals surface area contributed by atoms with Crippen molar-refractivity contribution in [2.24, 2.45) is 0 Å². The van der Waals surface area contributed by atoms with E-state index in [0.29, 0.717) is 21.2 Å². The Morgan fingerprint density at radius 3 is 2.43 bits per heavy atom. The first-order valence-corrected chi connectivity index (χ1v) is 7.66. The highest BCUT2D eigenvalue weighted by Gasteiger charge is 2.18. The number of esters is 1. The van der Waals surface area contributed by atoms with Crippen molar-refractivity contribution in [2.75, 3.05) is 0 Å². The highest BCUT2D eigenvalue weighted by molar-refractivity contribution is 6.35. The van der Waals surface area contributed by atoms with Crippen LogP contribution in [0.15, 0.2) is 54.6 Å². The number of hydrogen-bond donors (Lipinski definition) is 0. The SMILES string of the molecule is C[C@H](OC(=O)/C=C/c1ccc(Cl)cc1Cl)C(=O)c1ccccc1. The van der Waals surface area contributed by atoms with Crippen LogP contribution >= 0.6 is 23.2 Å². The van der Waals surface area contributed by atoms with Crippen molar-refractivity contribution >= 4 is 41.0 Å². The van der Waals surface area contributed by atoms with Crippen molar-refractivity contribution in [3.05, 3.63) is 75.8 Å². The van der Waals surface area contributed by atoms with Gasteiger partial charge in [-0.15, -0.1) is 0 Å². The third-order valence-corrected chi connectivity index (χ3v) is 3.64. The minimum absolute atomic E-state index is 0.253. The van der Waals surface area contributed by atoms with Gasteiger partial charge in [0.25, 0.3) is 0 Å². The number of carbonyl (C=O) groups is 2. The molecule has 3 nitrogen and oxygen atoms in total. The van der Waals surface area contributed by atoms with Gasteiger partial charge in [0.05, 0.1) is 0 Å².